The Hall–Kier alpha value is -3.33. The molecule has 160 valence electrons. The molecule has 1 fully saturated rings. The van der Waals surface area contributed by atoms with Gasteiger partial charge in [0.1, 0.15) is 11.6 Å². The van der Waals surface area contributed by atoms with Gasteiger partial charge >= 0.3 is 0 Å². The molecule has 1 aliphatic rings. The Labute approximate surface area is 183 Å². The van der Waals surface area contributed by atoms with E-state index in [1.54, 1.807) is 46.2 Å². The summed E-state index contributed by atoms with van der Waals surface area (Å²) in [5, 5.41) is 0.372. The Morgan fingerprint density at radius 3 is 2.48 bits per heavy atom. The van der Waals surface area contributed by atoms with E-state index in [9.17, 15) is 14.0 Å². The molecule has 1 aliphatic heterocycles. The van der Waals surface area contributed by atoms with Gasteiger partial charge in [-0.1, -0.05) is 18.2 Å². The van der Waals surface area contributed by atoms with Gasteiger partial charge in [0.15, 0.2) is 5.82 Å². The molecule has 9 heteroatoms. The van der Waals surface area contributed by atoms with Crippen LogP contribution >= 0.6 is 11.5 Å². The number of halogens is 1. The Kier molecular flexibility index (Phi) is 6.22. The molecule has 0 spiro atoms. The standard InChI is InChI=1S/C22H21FN4O3S/c1-15(28)26-9-11-27(12-10-26)21(29)17-3-2-4-19(14-17)30-22-24-20(25-31-22)13-16-5-7-18(23)8-6-16/h2-8,14H,9-13H2,1H3. The normalized spacial score (nSPS) is 13.9. The highest BCUT2D eigenvalue weighted by atomic mass is 32.1. The Morgan fingerprint density at radius 1 is 1.06 bits per heavy atom. The van der Waals surface area contributed by atoms with Crippen LogP contribution < -0.4 is 4.74 Å². The van der Waals surface area contributed by atoms with Gasteiger partial charge in [0, 0.05) is 56.6 Å². The zero-order valence-electron chi connectivity index (χ0n) is 17.0. The number of nitrogens with zero attached hydrogens (tertiary/aromatic N) is 4. The van der Waals surface area contributed by atoms with E-state index in [4.69, 9.17) is 4.74 Å². The summed E-state index contributed by atoms with van der Waals surface area (Å²) < 4.78 is 23.1. The van der Waals surface area contributed by atoms with Crippen LogP contribution in [-0.2, 0) is 11.2 Å². The van der Waals surface area contributed by atoms with Gasteiger partial charge in [0.2, 0.25) is 5.91 Å². The van der Waals surface area contributed by atoms with Crippen LogP contribution in [0.4, 0.5) is 4.39 Å². The zero-order valence-corrected chi connectivity index (χ0v) is 17.8. The first-order chi connectivity index (χ1) is 15.0. The maximum Gasteiger partial charge on any atom is 0.298 e. The largest absolute Gasteiger partial charge is 0.430 e. The molecule has 31 heavy (non-hydrogen) atoms. The number of rotatable bonds is 5. The predicted octanol–water partition coefficient (Wildman–Crippen LogP) is 3.36. The highest BCUT2D eigenvalue weighted by Crippen LogP contribution is 2.25. The van der Waals surface area contributed by atoms with Crippen LogP contribution in [-0.4, -0.2) is 57.2 Å². The van der Waals surface area contributed by atoms with Gasteiger partial charge in [-0.05, 0) is 35.9 Å². The summed E-state index contributed by atoms with van der Waals surface area (Å²) in [5.74, 6) is 0.732. The lowest BCUT2D eigenvalue weighted by Crippen LogP contribution is -2.50. The Bertz CT molecular complexity index is 1080. The van der Waals surface area contributed by atoms with Gasteiger partial charge in [0.25, 0.3) is 11.1 Å². The molecule has 3 aromatic rings. The first kappa shape index (κ1) is 20.9. The number of carbonyl (C=O) groups excluding carboxylic acids is 2. The fourth-order valence-electron chi connectivity index (χ4n) is 3.34. The topological polar surface area (TPSA) is 75.6 Å². The van der Waals surface area contributed by atoms with Crippen LogP contribution in [0.5, 0.6) is 10.9 Å². The van der Waals surface area contributed by atoms with Crippen molar-refractivity contribution in [2.45, 2.75) is 13.3 Å². The highest BCUT2D eigenvalue weighted by molar-refractivity contribution is 7.07. The number of hydrogen-bond acceptors (Lipinski definition) is 6. The molecule has 0 aliphatic carbocycles. The first-order valence-electron chi connectivity index (χ1n) is 9.87. The highest BCUT2D eigenvalue weighted by Gasteiger charge is 2.23. The van der Waals surface area contributed by atoms with E-state index < -0.39 is 0 Å². The summed E-state index contributed by atoms with van der Waals surface area (Å²) >= 11 is 1.12. The lowest BCUT2D eigenvalue weighted by molar-refractivity contribution is -0.130. The van der Waals surface area contributed by atoms with Crippen molar-refractivity contribution in [3.63, 3.8) is 0 Å². The van der Waals surface area contributed by atoms with Crippen molar-refractivity contribution in [1.82, 2.24) is 19.2 Å². The molecule has 2 amide bonds. The second kappa shape index (κ2) is 9.22. The minimum absolute atomic E-state index is 0.0263. The molecule has 0 saturated carbocycles. The minimum Gasteiger partial charge on any atom is -0.430 e. The number of amides is 2. The number of ether oxygens (including phenoxy) is 1. The third-order valence-corrected chi connectivity index (χ3v) is 5.66. The van der Waals surface area contributed by atoms with Gasteiger partial charge in [-0.2, -0.15) is 9.36 Å². The molecule has 1 aromatic heterocycles. The smallest absolute Gasteiger partial charge is 0.298 e. The van der Waals surface area contributed by atoms with Gasteiger partial charge in [-0.3, -0.25) is 9.59 Å². The maximum atomic E-state index is 13.0. The molecule has 7 nitrogen and oxygen atoms in total. The summed E-state index contributed by atoms with van der Waals surface area (Å²) in [4.78, 5) is 32.1. The molecule has 1 saturated heterocycles. The lowest BCUT2D eigenvalue weighted by Gasteiger charge is -2.34. The fraction of sp³-hybridized carbons (Fsp3) is 0.273. The quantitative estimate of drug-likeness (QED) is 0.608. The van der Waals surface area contributed by atoms with Crippen molar-refractivity contribution < 1.29 is 18.7 Å². The number of hydrogen-bond donors (Lipinski definition) is 0. The van der Waals surface area contributed by atoms with E-state index >= 15 is 0 Å². The molecule has 2 heterocycles. The number of piperazine rings is 1. The number of benzene rings is 2. The summed E-state index contributed by atoms with van der Waals surface area (Å²) in [6.45, 7) is 3.63. The molecule has 4 rings (SSSR count). The van der Waals surface area contributed by atoms with E-state index in [0.29, 0.717) is 54.9 Å². The van der Waals surface area contributed by atoms with Gasteiger partial charge < -0.3 is 14.5 Å². The monoisotopic (exact) mass is 440 g/mol. The van der Waals surface area contributed by atoms with Crippen LogP contribution in [0.25, 0.3) is 0 Å². The van der Waals surface area contributed by atoms with Gasteiger partial charge in [-0.15, -0.1) is 0 Å². The predicted molar refractivity (Wildman–Crippen MR) is 114 cm³/mol. The van der Waals surface area contributed by atoms with Crippen LogP contribution in [0.3, 0.4) is 0 Å². The van der Waals surface area contributed by atoms with Crippen LogP contribution in [0.1, 0.15) is 28.7 Å². The summed E-state index contributed by atoms with van der Waals surface area (Å²) in [6.07, 6.45) is 0.477. The molecular formula is C22H21FN4O3S. The van der Waals surface area contributed by atoms with Crippen molar-refractivity contribution in [3.8, 4) is 10.9 Å². The molecule has 0 radical (unpaired) electrons. The second-order valence-electron chi connectivity index (χ2n) is 7.21. The Morgan fingerprint density at radius 2 is 1.77 bits per heavy atom. The summed E-state index contributed by atoms with van der Waals surface area (Å²) in [6, 6.07) is 13.1. The lowest BCUT2D eigenvalue weighted by atomic mass is 10.1. The molecule has 0 atom stereocenters. The second-order valence-corrected chi connectivity index (χ2v) is 7.92. The SMILES string of the molecule is CC(=O)N1CCN(C(=O)c2cccc(Oc3nc(Cc4ccc(F)cc4)ns3)c2)CC1. The van der Waals surface area contributed by atoms with E-state index in [2.05, 4.69) is 9.36 Å². The van der Waals surface area contributed by atoms with Crippen LogP contribution in [0, 0.1) is 5.82 Å². The number of aromatic nitrogens is 2. The van der Waals surface area contributed by atoms with E-state index in [0.717, 1.165) is 17.1 Å². The van der Waals surface area contributed by atoms with Crippen molar-refractivity contribution in [2.75, 3.05) is 26.2 Å². The summed E-state index contributed by atoms with van der Waals surface area (Å²) in [5.41, 5.74) is 1.42. The van der Waals surface area contributed by atoms with Crippen molar-refractivity contribution in [1.29, 1.82) is 0 Å². The van der Waals surface area contributed by atoms with Crippen molar-refractivity contribution >= 4 is 23.3 Å². The third kappa shape index (κ3) is 5.24. The van der Waals surface area contributed by atoms with Gasteiger partial charge in [-0.25, -0.2) is 4.39 Å². The summed E-state index contributed by atoms with van der Waals surface area (Å²) in [7, 11) is 0. The molecule has 2 aromatic carbocycles. The molecule has 0 bridgehead atoms. The Balaban J connectivity index is 1.39. The van der Waals surface area contributed by atoms with E-state index in [-0.39, 0.29) is 17.6 Å². The van der Waals surface area contributed by atoms with Crippen LogP contribution in [0.2, 0.25) is 0 Å². The molecule has 0 N–H and O–H groups in total. The average molecular weight is 441 g/mol. The van der Waals surface area contributed by atoms with E-state index in [1.807, 2.05) is 0 Å². The van der Waals surface area contributed by atoms with Crippen LogP contribution in [0.15, 0.2) is 48.5 Å². The van der Waals surface area contributed by atoms with Crippen molar-refractivity contribution in [2.24, 2.45) is 0 Å². The zero-order chi connectivity index (χ0) is 21.8. The van der Waals surface area contributed by atoms with E-state index in [1.165, 1.54) is 19.1 Å². The van der Waals surface area contributed by atoms with Gasteiger partial charge in [0.05, 0.1) is 0 Å². The average Bonchev–Trinajstić information content (AvgIpc) is 3.21. The fourth-order valence-corrected chi connectivity index (χ4v) is 3.91. The van der Waals surface area contributed by atoms with Crippen molar-refractivity contribution in [3.05, 3.63) is 71.3 Å². The molecule has 0 unspecified atom stereocenters. The minimum atomic E-state index is -0.283. The number of carbonyl (C=O) groups is 2. The third-order valence-electron chi connectivity index (χ3n) is 5.02. The maximum absolute atomic E-state index is 13.0. The first-order valence-corrected chi connectivity index (χ1v) is 10.6. The molecular weight excluding hydrogens is 419 g/mol.